The number of carbonyl (C=O) groups excluding carboxylic acids is 1. The Kier molecular flexibility index (Phi) is 6.09. The van der Waals surface area contributed by atoms with Gasteiger partial charge in [0.05, 0.1) is 22.8 Å². The number of hydrogen-bond donors (Lipinski definition) is 2. The van der Waals surface area contributed by atoms with Crippen LogP contribution in [-0.4, -0.2) is 22.7 Å². The second-order valence-electron chi connectivity index (χ2n) is 8.55. The molecule has 1 aliphatic heterocycles. The highest BCUT2D eigenvalue weighted by atomic mass is 35.5. The van der Waals surface area contributed by atoms with Gasteiger partial charge in [0.1, 0.15) is 0 Å². The van der Waals surface area contributed by atoms with Gasteiger partial charge in [0.15, 0.2) is 11.5 Å². The van der Waals surface area contributed by atoms with Gasteiger partial charge in [-0.05, 0) is 66.3 Å². The van der Waals surface area contributed by atoms with Crippen LogP contribution in [0.4, 0.5) is 10.5 Å². The minimum Gasteiger partial charge on any atom is -0.454 e. The molecular formula is C27H24ClN3O4. The van der Waals surface area contributed by atoms with Gasteiger partial charge in [0.2, 0.25) is 6.79 Å². The van der Waals surface area contributed by atoms with Crippen LogP contribution in [0.3, 0.4) is 0 Å². The number of H-pyrrole nitrogens is 1. The summed E-state index contributed by atoms with van der Waals surface area (Å²) in [6, 6.07) is 18.0. The average Bonchev–Trinajstić information content (AvgIpc) is 3.31. The molecule has 35 heavy (non-hydrogen) atoms. The molecule has 1 aromatic heterocycles. The summed E-state index contributed by atoms with van der Waals surface area (Å²) in [6.07, 6.45) is 0. The fourth-order valence-corrected chi connectivity index (χ4v) is 4.29. The molecule has 0 unspecified atom stereocenters. The zero-order valence-corrected chi connectivity index (χ0v) is 20.1. The van der Waals surface area contributed by atoms with Gasteiger partial charge < -0.3 is 24.7 Å². The topological polar surface area (TPSA) is 83.7 Å². The fourth-order valence-electron chi connectivity index (χ4n) is 4.11. The van der Waals surface area contributed by atoms with Gasteiger partial charge in [-0.15, -0.1) is 0 Å². The maximum Gasteiger partial charge on any atom is 0.322 e. The monoisotopic (exact) mass is 489 g/mol. The lowest BCUT2D eigenvalue weighted by atomic mass is 10.0. The Balaban J connectivity index is 1.48. The Bertz CT molecular complexity index is 1500. The molecule has 2 heterocycles. The summed E-state index contributed by atoms with van der Waals surface area (Å²) < 4.78 is 10.9. The standard InChI is InChI=1S/C27H24ClN3O4/c1-16-7-9-19-12-20(26(32)30-25(19)17(16)2)14-31(27(33)29-22-6-4-3-5-21(22)28)13-18-8-10-23-24(11-18)35-15-34-23/h3-12H,13-15H2,1-2H3,(H,29,33)(H,30,32). The van der Waals surface area contributed by atoms with Gasteiger partial charge in [0, 0.05) is 12.1 Å². The van der Waals surface area contributed by atoms with Gasteiger partial charge in [-0.2, -0.15) is 0 Å². The Labute approximate surface area is 207 Å². The molecule has 0 radical (unpaired) electrons. The number of aromatic nitrogens is 1. The number of aromatic amines is 1. The van der Waals surface area contributed by atoms with Crippen molar-refractivity contribution in [2.75, 3.05) is 12.1 Å². The molecule has 7 nitrogen and oxygen atoms in total. The van der Waals surface area contributed by atoms with Crippen LogP contribution in [0.2, 0.25) is 5.02 Å². The number of amides is 2. The predicted octanol–water partition coefficient (Wildman–Crippen LogP) is 5.76. The van der Waals surface area contributed by atoms with Crippen LogP contribution in [0, 0.1) is 13.8 Å². The van der Waals surface area contributed by atoms with E-state index in [0.717, 1.165) is 27.6 Å². The predicted molar refractivity (Wildman–Crippen MR) is 136 cm³/mol. The first-order valence-electron chi connectivity index (χ1n) is 11.2. The van der Waals surface area contributed by atoms with Crippen LogP contribution < -0.4 is 20.3 Å². The fraction of sp³-hybridized carbons (Fsp3) is 0.185. The third-order valence-electron chi connectivity index (χ3n) is 6.20. The Hall–Kier alpha value is -3.97. The number of para-hydroxylation sites is 1. The van der Waals surface area contributed by atoms with Gasteiger partial charge >= 0.3 is 6.03 Å². The maximum absolute atomic E-state index is 13.4. The molecule has 2 amide bonds. The Morgan fingerprint density at radius 1 is 1.03 bits per heavy atom. The maximum atomic E-state index is 13.4. The number of nitrogens with zero attached hydrogens (tertiary/aromatic N) is 1. The smallest absolute Gasteiger partial charge is 0.322 e. The van der Waals surface area contributed by atoms with Crippen molar-refractivity contribution in [3.63, 3.8) is 0 Å². The molecule has 0 atom stereocenters. The number of urea groups is 1. The lowest BCUT2D eigenvalue weighted by Crippen LogP contribution is -2.35. The number of aryl methyl sites for hydroxylation is 2. The molecule has 0 aliphatic carbocycles. The third-order valence-corrected chi connectivity index (χ3v) is 6.53. The van der Waals surface area contributed by atoms with Gasteiger partial charge in [-0.25, -0.2) is 4.79 Å². The number of pyridine rings is 1. The van der Waals surface area contributed by atoms with E-state index in [2.05, 4.69) is 10.3 Å². The molecule has 0 fully saturated rings. The minimum atomic E-state index is -0.379. The number of halogens is 1. The lowest BCUT2D eigenvalue weighted by molar-refractivity contribution is 0.174. The summed E-state index contributed by atoms with van der Waals surface area (Å²) in [5, 5.41) is 4.21. The number of carbonyl (C=O) groups is 1. The van der Waals surface area contributed by atoms with E-state index >= 15 is 0 Å². The van der Waals surface area contributed by atoms with Crippen molar-refractivity contribution in [2.24, 2.45) is 0 Å². The highest BCUT2D eigenvalue weighted by molar-refractivity contribution is 6.33. The number of benzene rings is 3. The molecule has 2 N–H and O–H groups in total. The van der Waals surface area contributed by atoms with Crippen LogP contribution in [0.1, 0.15) is 22.3 Å². The van der Waals surface area contributed by atoms with E-state index in [9.17, 15) is 9.59 Å². The van der Waals surface area contributed by atoms with Crippen molar-refractivity contribution in [3.8, 4) is 11.5 Å². The minimum absolute atomic E-state index is 0.100. The first-order chi connectivity index (χ1) is 16.9. The van der Waals surface area contributed by atoms with Crippen LogP contribution in [0.15, 0.2) is 65.5 Å². The number of anilines is 1. The van der Waals surface area contributed by atoms with Gasteiger partial charge in [0.25, 0.3) is 5.56 Å². The Morgan fingerprint density at radius 2 is 1.83 bits per heavy atom. The van der Waals surface area contributed by atoms with Gasteiger partial charge in [-0.3, -0.25) is 4.79 Å². The second-order valence-corrected chi connectivity index (χ2v) is 8.96. The Morgan fingerprint density at radius 3 is 2.66 bits per heavy atom. The summed E-state index contributed by atoms with van der Waals surface area (Å²) in [6.45, 7) is 4.50. The lowest BCUT2D eigenvalue weighted by Gasteiger charge is -2.24. The van der Waals surface area contributed by atoms with Crippen molar-refractivity contribution in [1.82, 2.24) is 9.88 Å². The molecule has 178 valence electrons. The van der Waals surface area contributed by atoms with Crippen LogP contribution in [0.5, 0.6) is 11.5 Å². The van der Waals surface area contributed by atoms with Crippen molar-refractivity contribution < 1.29 is 14.3 Å². The van der Waals surface area contributed by atoms with Crippen molar-refractivity contribution in [1.29, 1.82) is 0 Å². The summed E-state index contributed by atoms with van der Waals surface area (Å²) >= 11 is 6.26. The van der Waals surface area contributed by atoms with Crippen molar-refractivity contribution >= 4 is 34.2 Å². The summed E-state index contributed by atoms with van der Waals surface area (Å²) in [4.78, 5) is 30.9. The SMILES string of the molecule is Cc1ccc2cc(CN(Cc3ccc4c(c3)OCO4)C(=O)Nc3ccccc3Cl)c(=O)[nH]c2c1C. The summed E-state index contributed by atoms with van der Waals surface area (Å²) in [5.41, 5.74) is 4.52. The quantitative estimate of drug-likeness (QED) is 0.373. The van der Waals surface area contributed by atoms with Gasteiger partial charge in [-0.1, -0.05) is 41.9 Å². The van der Waals surface area contributed by atoms with E-state index in [0.29, 0.717) is 27.8 Å². The van der Waals surface area contributed by atoms with E-state index in [-0.39, 0.29) is 31.5 Å². The third kappa shape index (κ3) is 4.68. The molecule has 0 spiro atoms. The van der Waals surface area contributed by atoms with Crippen LogP contribution in [0.25, 0.3) is 10.9 Å². The molecule has 5 rings (SSSR count). The first-order valence-corrected chi connectivity index (χ1v) is 11.6. The van der Waals surface area contributed by atoms with Crippen LogP contribution >= 0.6 is 11.6 Å². The van der Waals surface area contributed by atoms with E-state index in [4.69, 9.17) is 21.1 Å². The normalized spacial score (nSPS) is 12.1. The molecule has 8 heteroatoms. The number of ether oxygens (including phenoxy) is 2. The van der Waals surface area contributed by atoms with Crippen LogP contribution in [-0.2, 0) is 13.1 Å². The largest absolute Gasteiger partial charge is 0.454 e. The first kappa shape index (κ1) is 22.8. The van der Waals surface area contributed by atoms with E-state index in [1.54, 1.807) is 29.2 Å². The highest BCUT2D eigenvalue weighted by Crippen LogP contribution is 2.33. The molecule has 0 saturated carbocycles. The molecule has 0 saturated heterocycles. The zero-order chi connectivity index (χ0) is 24.5. The van der Waals surface area contributed by atoms with E-state index < -0.39 is 0 Å². The second kappa shape index (κ2) is 9.35. The molecule has 0 bridgehead atoms. The number of nitrogens with one attached hydrogen (secondary N) is 2. The molecule has 1 aliphatic rings. The molecule has 4 aromatic rings. The molecule has 3 aromatic carbocycles. The van der Waals surface area contributed by atoms with E-state index in [1.807, 2.05) is 50.2 Å². The highest BCUT2D eigenvalue weighted by Gasteiger charge is 2.20. The van der Waals surface area contributed by atoms with Crippen molar-refractivity contribution in [2.45, 2.75) is 26.9 Å². The summed E-state index contributed by atoms with van der Waals surface area (Å²) in [5.74, 6) is 1.29. The number of fused-ring (bicyclic) bond motifs is 2. The molecular weight excluding hydrogens is 466 g/mol. The van der Waals surface area contributed by atoms with Crippen molar-refractivity contribution in [3.05, 3.63) is 98.3 Å². The average molecular weight is 490 g/mol. The summed E-state index contributed by atoms with van der Waals surface area (Å²) in [7, 11) is 0. The van der Waals surface area contributed by atoms with E-state index in [1.165, 1.54) is 0 Å². The zero-order valence-electron chi connectivity index (χ0n) is 19.4. The number of hydrogen-bond acceptors (Lipinski definition) is 4. The number of rotatable bonds is 5.